The van der Waals surface area contributed by atoms with Gasteiger partial charge in [-0.05, 0) is 26.8 Å². The van der Waals surface area contributed by atoms with Crippen molar-refractivity contribution in [1.29, 1.82) is 0 Å². The Morgan fingerprint density at radius 2 is 2.46 bits per heavy atom. The van der Waals surface area contributed by atoms with E-state index in [-0.39, 0.29) is 5.91 Å². The van der Waals surface area contributed by atoms with Gasteiger partial charge in [-0.15, -0.1) is 0 Å². The van der Waals surface area contributed by atoms with Crippen LogP contribution in [0.1, 0.15) is 5.56 Å². The zero-order chi connectivity index (χ0) is 9.68. The van der Waals surface area contributed by atoms with E-state index in [1.54, 1.807) is 12.3 Å². The van der Waals surface area contributed by atoms with Gasteiger partial charge in [0.2, 0.25) is 0 Å². The molecule has 0 saturated heterocycles. The molecule has 0 aliphatic rings. The maximum absolute atomic E-state index is 10.9. The highest BCUT2D eigenvalue weighted by Crippen LogP contribution is 2.13. The van der Waals surface area contributed by atoms with Gasteiger partial charge in [-0.2, -0.15) is 0 Å². The summed E-state index contributed by atoms with van der Waals surface area (Å²) in [6.45, 7) is 0.412. The van der Waals surface area contributed by atoms with Crippen molar-refractivity contribution >= 4 is 37.8 Å². The topological polar surface area (TPSA) is 42.2 Å². The minimum atomic E-state index is -0.325. The van der Waals surface area contributed by atoms with Gasteiger partial charge in [0.1, 0.15) is 0 Å². The molecule has 0 aliphatic heterocycles. The summed E-state index contributed by atoms with van der Waals surface area (Å²) < 4.78 is 5.62. The van der Waals surface area contributed by atoms with Crippen LogP contribution in [0.3, 0.4) is 0 Å². The first-order chi connectivity index (χ1) is 6.22. The van der Waals surface area contributed by atoms with E-state index in [1.165, 1.54) is 0 Å². The van der Waals surface area contributed by atoms with E-state index in [0.717, 1.165) is 5.56 Å². The summed E-state index contributed by atoms with van der Waals surface area (Å²) in [5.74, 6) is 1.97. The smallest absolute Gasteiger partial charge is 0.297 e. The van der Waals surface area contributed by atoms with Gasteiger partial charge in [0.25, 0.3) is 5.91 Å². The molecule has 0 spiro atoms. The summed E-state index contributed by atoms with van der Waals surface area (Å²) in [6.07, 6.45) is 1.56. The molecule has 1 N–H and O–H groups in total. The quantitative estimate of drug-likeness (QED) is 0.849. The number of furan rings is 1. The first kappa shape index (κ1) is 10.4. The van der Waals surface area contributed by atoms with Crippen molar-refractivity contribution in [3.05, 3.63) is 22.6 Å². The van der Waals surface area contributed by atoms with Crippen LogP contribution in [0.4, 0.5) is 0 Å². The molecule has 1 heterocycles. The normalized spacial score (nSPS) is 8.77. The molecule has 5 heteroatoms. The highest BCUT2D eigenvalue weighted by Gasteiger charge is 1.99. The predicted molar refractivity (Wildman–Crippen MR) is 55.0 cm³/mol. The second kappa shape index (κ2) is 5.10. The molecule has 0 radical (unpaired) electrons. The molecule has 1 aromatic heterocycles. The van der Waals surface area contributed by atoms with Crippen LogP contribution in [0.15, 0.2) is 21.4 Å². The van der Waals surface area contributed by atoms with Gasteiger partial charge in [0.15, 0.2) is 4.67 Å². The number of carbonyl (C=O) groups excluding carboxylic acids is 1. The third kappa shape index (κ3) is 3.66. The third-order valence-electron chi connectivity index (χ3n) is 1.24. The molecular formula is C8H5Br2NO2. The molecule has 1 aromatic rings. The summed E-state index contributed by atoms with van der Waals surface area (Å²) in [5.41, 5.74) is 0.886. The number of rotatable bonds is 2. The molecule has 3 nitrogen and oxygen atoms in total. The van der Waals surface area contributed by atoms with Crippen LogP contribution in [0, 0.1) is 10.8 Å². The van der Waals surface area contributed by atoms with Crippen LogP contribution in [-0.4, -0.2) is 5.91 Å². The van der Waals surface area contributed by atoms with E-state index in [4.69, 9.17) is 4.42 Å². The molecular weight excluding hydrogens is 302 g/mol. The Morgan fingerprint density at radius 3 is 3.00 bits per heavy atom. The molecule has 0 unspecified atom stereocenters. The standard InChI is InChI=1S/C8H5Br2NO2/c9-2-1-8(12)11-4-6-3-7(10)13-5-6/h3,5H,4H2,(H,11,12). The Morgan fingerprint density at radius 1 is 1.69 bits per heavy atom. The molecule has 68 valence electrons. The van der Waals surface area contributed by atoms with Gasteiger partial charge in [-0.1, -0.05) is 0 Å². The number of carbonyl (C=O) groups is 1. The molecule has 0 atom stereocenters. The first-order valence-corrected chi connectivity index (χ1v) is 4.93. The number of nitrogens with one attached hydrogen (secondary N) is 1. The van der Waals surface area contributed by atoms with E-state index >= 15 is 0 Å². The minimum absolute atomic E-state index is 0.325. The van der Waals surface area contributed by atoms with E-state index in [0.29, 0.717) is 11.2 Å². The van der Waals surface area contributed by atoms with Crippen LogP contribution in [-0.2, 0) is 11.3 Å². The molecule has 0 aliphatic carbocycles. The molecule has 1 amide bonds. The van der Waals surface area contributed by atoms with Gasteiger partial charge >= 0.3 is 0 Å². The van der Waals surface area contributed by atoms with Gasteiger partial charge in [-0.25, -0.2) is 0 Å². The highest BCUT2D eigenvalue weighted by atomic mass is 79.9. The fraction of sp³-hybridized carbons (Fsp3) is 0.125. The van der Waals surface area contributed by atoms with Crippen LogP contribution < -0.4 is 5.32 Å². The zero-order valence-corrected chi connectivity index (χ0v) is 9.61. The Labute approximate surface area is 92.1 Å². The van der Waals surface area contributed by atoms with Crippen LogP contribution >= 0.6 is 31.9 Å². The fourth-order valence-corrected chi connectivity index (χ4v) is 1.28. The Hall–Kier alpha value is -0.730. The van der Waals surface area contributed by atoms with Crippen molar-refractivity contribution in [1.82, 2.24) is 5.32 Å². The maximum atomic E-state index is 10.9. The molecule has 0 fully saturated rings. The van der Waals surface area contributed by atoms with Crippen molar-refractivity contribution in [2.24, 2.45) is 0 Å². The summed E-state index contributed by atoms with van der Waals surface area (Å²) >= 11 is 5.99. The summed E-state index contributed by atoms with van der Waals surface area (Å²) in [4.78, 5) is 13.2. The highest BCUT2D eigenvalue weighted by molar-refractivity contribution is 9.12. The Kier molecular flexibility index (Phi) is 4.06. The molecule has 0 saturated carbocycles. The third-order valence-corrected chi connectivity index (χ3v) is 1.85. The Bertz CT molecular complexity index is 362. The Balaban J connectivity index is 2.42. The van der Waals surface area contributed by atoms with Gasteiger partial charge < -0.3 is 9.73 Å². The maximum Gasteiger partial charge on any atom is 0.297 e. The number of halogens is 2. The van der Waals surface area contributed by atoms with Gasteiger partial charge in [0, 0.05) is 34.0 Å². The summed E-state index contributed by atoms with van der Waals surface area (Å²) in [7, 11) is 0. The van der Waals surface area contributed by atoms with Crippen LogP contribution in [0.25, 0.3) is 0 Å². The lowest BCUT2D eigenvalue weighted by molar-refractivity contribution is -0.115. The molecule has 13 heavy (non-hydrogen) atoms. The zero-order valence-electron chi connectivity index (χ0n) is 6.43. The summed E-state index contributed by atoms with van der Waals surface area (Å²) in [6, 6.07) is 1.78. The second-order valence-electron chi connectivity index (χ2n) is 2.16. The van der Waals surface area contributed by atoms with E-state index in [9.17, 15) is 4.79 Å². The summed E-state index contributed by atoms with van der Waals surface area (Å²) in [5, 5.41) is 2.59. The van der Waals surface area contributed by atoms with Crippen molar-refractivity contribution in [2.45, 2.75) is 6.54 Å². The predicted octanol–water partition coefficient (Wildman–Crippen LogP) is 2.01. The lowest BCUT2D eigenvalue weighted by Crippen LogP contribution is -2.20. The molecule has 0 bridgehead atoms. The van der Waals surface area contributed by atoms with Crippen LogP contribution in [0.5, 0.6) is 0 Å². The van der Waals surface area contributed by atoms with Crippen molar-refractivity contribution in [3.63, 3.8) is 0 Å². The molecule has 0 aromatic carbocycles. The van der Waals surface area contributed by atoms with Gasteiger partial charge in [0.05, 0.1) is 6.26 Å². The SMILES string of the molecule is O=C(C#CBr)NCc1coc(Br)c1. The fourth-order valence-electron chi connectivity index (χ4n) is 0.708. The number of amides is 1. The van der Waals surface area contributed by atoms with Crippen molar-refractivity contribution < 1.29 is 9.21 Å². The minimum Gasteiger partial charge on any atom is -0.457 e. The average molecular weight is 307 g/mol. The molecule has 1 rings (SSSR count). The van der Waals surface area contributed by atoms with Crippen LogP contribution in [0.2, 0.25) is 0 Å². The number of hydrogen-bond acceptors (Lipinski definition) is 2. The monoisotopic (exact) mass is 305 g/mol. The lowest BCUT2D eigenvalue weighted by atomic mass is 10.3. The number of hydrogen-bond donors (Lipinski definition) is 1. The second-order valence-corrected chi connectivity index (χ2v) is 3.34. The van der Waals surface area contributed by atoms with E-state index in [1.807, 2.05) is 0 Å². The van der Waals surface area contributed by atoms with E-state index in [2.05, 4.69) is 47.9 Å². The van der Waals surface area contributed by atoms with Crippen molar-refractivity contribution in [3.8, 4) is 10.8 Å². The lowest BCUT2D eigenvalue weighted by Gasteiger charge is -1.95. The van der Waals surface area contributed by atoms with Crippen molar-refractivity contribution in [2.75, 3.05) is 0 Å². The largest absolute Gasteiger partial charge is 0.457 e. The van der Waals surface area contributed by atoms with Gasteiger partial charge in [-0.3, -0.25) is 4.79 Å². The van der Waals surface area contributed by atoms with E-state index < -0.39 is 0 Å². The first-order valence-electron chi connectivity index (χ1n) is 3.35. The average Bonchev–Trinajstić information content (AvgIpc) is 2.49.